The molecule has 2 heterocycles. The van der Waals surface area contributed by atoms with Gasteiger partial charge in [0.05, 0.1) is 41.8 Å². The molecular formula is C70H74F10N8O8. The molecule has 2 aromatic heterocycles. The largest absolute Gasteiger partial charge is 0.445 e. The number of halogens is 10. The third kappa shape index (κ3) is 21.4. The second kappa shape index (κ2) is 34.4. The number of aliphatic hydroxyl groups is 2. The number of nitrogens with one attached hydrogen (secondary N) is 2. The fraction of sp³-hybridized carbons (Fsp3) is 0.343. The van der Waals surface area contributed by atoms with E-state index in [4.69, 9.17) is 14.6 Å². The highest BCUT2D eigenvalue weighted by molar-refractivity contribution is 6.02. The summed E-state index contributed by atoms with van der Waals surface area (Å²) in [6, 6.07) is 21.3. The van der Waals surface area contributed by atoms with Gasteiger partial charge in [0.2, 0.25) is 11.8 Å². The van der Waals surface area contributed by atoms with E-state index in [-0.39, 0.29) is 95.0 Å². The molecular weight excluding hydrogens is 1270 g/mol. The lowest BCUT2D eigenvalue weighted by Gasteiger charge is -2.29. The molecule has 4 atom stereocenters. The molecule has 4 amide bonds. The Hall–Kier alpha value is -9.24. The van der Waals surface area contributed by atoms with Crippen molar-refractivity contribution in [2.24, 2.45) is 5.73 Å². The fourth-order valence-electron chi connectivity index (χ4n) is 10.7. The van der Waals surface area contributed by atoms with Crippen molar-refractivity contribution in [2.75, 3.05) is 39.3 Å². The van der Waals surface area contributed by atoms with Crippen LogP contribution in [0, 0.1) is 23.3 Å². The second-order valence-corrected chi connectivity index (χ2v) is 22.9. The molecule has 26 heteroatoms. The van der Waals surface area contributed by atoms with Crippen molar-refractivity contribution >= 4 is 23.6 Å². The van der Waals surface area contributed by atoms with Gasteiger partial charge in [0.15, 0.2) is 0 Å². The van der Waals surface area contributed by atoms with E-state index >= 15 is 0 Å². The monoisotopic (exact) mass is 1340 g/mol. The van der Waals surface area contributed by atoms with Crippen molar-refractivity contribution in [3.63, 3.8) is 0 Å². The summed E-state index contributed by atoms with van der Waals surface area (Å²) in [5.41, 5.74) is 6.27. The number of alkyl halides is 6. The zero-order chi connectivity index (χ0) is 69.9. The first-order chi connectivity index (χ1) is 45.7. The van der Waals surface area contributed by atoms with Gasteiger partial charge in [-0.2, -0.15) is 26.3 Å². The van der Waals surface area contributed by atoms with E-state index in [1.54, 1.807) is 21.9 Å². The molecule has 0 aliphatic heterocycles. The van der Waals surface area contributed by atoms with E-state index in [1.807, 2.05) is 27.7 Å². The summed E-state index contributed by atoms with van der Waals surface area (Å²) < 4.78 is 147. The number of nitrogens with two attached hydrogens (primary N) is 1. The molecule has 0 unspecified atom stereocenters. The van der Waals surface area contributed by atoms with Crippen LogP contribution in [0.5, 0.6) is 0 Å². The highest BCUT2D eigenvalue weighted by Crippen LogP contribution is 2.32. The predicted molar refractivity (Wildman–Crippen MR) is 338 cm³/mol. The van der Waals surface area contributed by atoms with E-state index in [9.17, 15) is 73.3 Å². The number of hydrogen-bond acceptors (Lipinski definition) is 12. The summed E-state index contributed by atoms with van der Waals surface area (Å²) >= 11 is 0. The molecule has 512 valence electrons. The Labute approximate surface area is 548 Å². The highest BCUT2D eigenvalue weighted by Gasteiger charge is 2.33. The summed E-state index contributed by atoms with van der Waals surface area (Å²) in [4.78, 5) is 67.9. The summed E-state index contributed by atoms with van der Waals surface area (Å²) in [5, 5.41) is 27.9. The number of hydrogen-bond donors (Lipinski definition) is 5. The van der Waals surface area contributed by atoms with Crippen molar-refractivity contribution in [1.29, 1.82) is 0 Å². The molecule has 0 fully saturated rings. The van der Waals surface area contributed by atoms with Crippen LogP contribution >= 0.6 is 0 Å². The summed E-state index contributed by atoms with van der Waals surface area (Å²) in [5.74, 6) is -5.13. The minimum absolute atomic E-state index is 0.0121. The number of aromatic nitrogens is 2. The van der Waals surface area contributed by atoms with Gasteiger partial charge in [-0.25, -0.2) is 27.5 Å². The minimum Gasteiger partial charge on any atom is -0.445 e. The molecule has 8 rings (SSSR count). The average molecular weight is 1350 g/mol. The summed E-state index contributed by atoms with van der Waals surface area (Å²) in [6.07, 6.45) is -4.02. The molecule has 0 saturated heterocycles. The lowest BCUT2D eigenvalue weighted by molar-refractivity contribution is -0.138. The van der Waals surface area contributed by atoms with Crippen LogP contribution in [0.4, 0.5) is 43.9 Å². The Morgan fingerprint density at radius 3 is 1.38 bits per heavy atom. The van der Waals surface area contributed by atoms with Gasteiger partial charge in [-0.3, -0.25) is 19.2 Å². The molecule has 16 nitrogen and oxygen atoms in total. The number of nitrogens with zero attached hydrogens (tertiary/aromatic N) is 5. The average Bonchev–Trinajstić information content (AvgIpc) is 1.16. The van der Waals surface area contributed by atoms with Gasteiger partial charge < -0.3 is 50.1 Å². The number of aliphatic hydroxyl groups excluding tert-OH is 2. The molecule has 6 aromatic carbocycles. The van der Waals surface area contributed by atoms with Crippen LogP contribution in [0.1, 0.15) is 128 Å². The third-order valence-corrected chi connectivity index (χ3v) is 15.1. The highest BCUT2D eigenvalue weighted by atomic mass is 19.4. The van der Waals surface area contributed by atoms with Crippen LogP contribution in [0.15, 0.2) is 155 Å². The van der Waals surface area contributed by atoms with Crippen LogP contribution in [0.2, 0.25) is 0 Å². The van der Waals surface area contributed by atoms with Gasteiger partial charge >= 0.3 is 12.4 Å². The van der Waals surface area contributed by atoms with E-state index in [1.165, 1.54) is 73.5 Å². The van der Waals surface area contributed by atoms with Crippen molar-refractivity contribution in [1.82, 2.24) is 35.3 Å². The van der Waals surface area contributed by atoms with Crippen molar-refractivity contribution < 1.29 is 82.1 Å². The predicted octanol–water partition coefficient (Wildman–Crippen LogP) is 12.9. The number of oxazole rings is 2. The first-order valence-electron chi connectivity index (χ1n) is 31.0. The first-order valence-corrected chi connectivity index (χ1v) is 31.0. The SMILES string of the molecule is CCCN(CCC)C(=O)c1cc(C(=O)N(Cc2cccc(C(F)(F)F)c2)C[C@@H](O)[C@@H](N)Cc2cc(F)cc(F)c2)cc(-c2ncco2)c1.CCCN(CCC)C(=O)c1cc(C(=O)N[C@@H](Cc2cc(F)cc(F)c2)[C@H](O)CNCc2cccc(C(F)(F)F)c2)cc(-c2ncco2)c1. The van der Waals surface area contributed by atoms with Crippen LogP contribution in [0.3, 0.4) is 0 Å². The summed E-state index contributed by atoms with van der Waals surface area (Å²) in [7, 11) is 0. The maximum Gasteiger partial charge on any atom is 0.416 e. The minimum atomic E-state index is -4.64. The third-order valence-electron chi connectivity index (χ3n) is 15.1. The number of rotatable bonds is 29. The summed E-state index contributed by atoms with van der Waals surface area (Å²) in [6.45, 7) is 8.65. The van der Waals surface area contributed by atoms with Gasteiger partial charge in [0.25, 0.3) is 23.6 Å². The van der Waals surface area contributed by atoms with Crippen LogP contribution in [-0.4, -0.2) is 122 Å². The van der Waals surface area contributed by atoms with Crippen molar-refractivity contribution in [2.45, 2.75) is 116 Å². The van der Waals surface area contributed by atoms with Gasteiger partial charge in [-0.05, 0) is 140 Å². The Kier molecular flexibility index (Phi) is 26.6. The number of carbonyl (C=O) groups excluding carboxylic acids is 4. The van der Waals surface area contributed by atoms with E-state index in [2.05, 4.69) is 20.6 Å². The lowest BCUT2D eigenvalue weighted by Crippen LogP contribution is -2.48. The van der Waals surface area contributed by atoms with Crippen LogP contribution in [-0.2, 0) is 38.3 Å². The maximum atomic E-state index is 14.2. The fourth-order valence-corrected chi connectivity index (χ4v) is 10.7. The zero-order valence-electron chi connectivity index (χ0n) is 53.0. The van der Waals surface area contributed by atoms with Gasteiger partial charge in [0, 0.05) is 104 Å². The number of benzene rings is 6. The van der Waals surface area contributed by atoms with E-state index in [0.29, 0.717) is 67.8 Å². The number of amides is 4. The Bertz CT molecular complexity index is 3820. The Morgan fingerprint density at radius 1 is 0.521 bits per heavy atom. The molecule has 96 heavy (non-hydrogen) atoms. The maximum absolute atomic E-state index is 14.2. The number of carbonyl (C=O) groups is 4. The second-order valence-electron chi connectivity index (χ2n) is 22.9. The van der Waals surface area contributed by atoms with Gasteiger partial charge in [0.1, 0.15) is 35.8 Å². The molecule has 0 saturated carbocycles. The van der Waals surface area contributed by atoms with Gasteiger partial charge in [-0.15, -0.1) is 0 Å². The van der Waals surface area contributed by atoms with Crippen LogP contribution in [0.25, 0.3) is 22.9 Å². The van der Waals surface area contributed by atoms with E-state index < -0.39 is 89.4 Å². The quantitative estimate of drug-likeness (QED) is 0.0276. The van der Waals surface area contributed by atoms with Crippen molar-refractivity contribution in [3.8, 4) is 22.9 Å². The zero-order valence-corrected chi connectivity index (χ0v) is 53.0. The lowest BCUT2D eigenvalue weighted by atomic mass is 9.99. The van der Waals surface area contributed by atoms with Crippen LogP contribution < -0.4 is 16.4 Å². The molecule has 0 aliphatic rings. The Balaban J connectivity index is 0.000000271. The van der Waals surface area contributed by atoms with Crippen molar-refractivity contribution in [3.05, 3.63) is 225 Å². The molecule has 0 spiro atoms. The van der Waals surface area contributed by atoms with Gasteiger partial charge in [-0.1, -0.05) is 58.0 Å². The standard InChI is InChI=1S/2C35H37F5N4O4/c1-3-9-43(10-4-2)33(46)25-16-24(32-42-8-11-48-32)17-26(18-25)34(47)44(20-22-6-5-7-27(12-22)35(38,39)40)21-31(45)30(41)15-23-13-28(36)19-29(37)14-23;1-3-9-44(10-4-2)34(47)26-17-24(16-25(18-26)33-42-8-11-48-33)32(46)43-30(15-23-13-28(36)19-29(37)14-23)31(45)21-41-20-22-6-5-7-27(12-22)35(38,39)40/h5-8,11-14,16-19,30-31,45H,3-4,9-10,15,20-21,41H2,1-2H3;5-8,11-14,16-19,30-31,41,45H,3-4,9-10,15,20-21H2,1-2H3,(H,43,46)/t2*30-,31+/m00/s1. The molecule has 0 radical (unpaired) electrons. The molecule has 8 aromatic rings. The van der Waals surface area contributed by atoms with E-state index in [0.717, 1.165) is 66.3 Å². The smallest absolute Gasteiger partial charge is 0.416 e. The normalized spacial score (nSPS) is 12.8. The molecule has 0 bridgehead atoms. The molecule has 6 N–H and O–H groups in total. The topological polar surface area (TPSA) is 221 Å². The Morgan fingerprint density at radius 2 is 0.938 bits per heavy atom. The first kappa shape index (κ1) is 74.2. The molecule has 0 aliphatic carbocycles.